The average Bonchev–Trinajstić information content (AvgIpc) is 2.25. The van der Waals surface area contributed by atoms with Crippen molar-refractivity contribution < 1.29 is 0 Å². The topological polar surface area (TPSA) is 3.24 Å². The fourth-order valence-corrected chi connectivity index (χ4v) is 1.65. The van der Waals surface area contributed by atoms with Crippen LogP contribution in [0.3, 0.4) is 0 Å². The summed E-state index contributed by atoms with van der Waals surface area (Å²) in [5.41, 5.74) is 3.57. The minimum absolute atomic E-state index is 0.851. The van der Waals surface area contributed by atoms with Gasteiger partial charge in [0.2, 0.25) is 0 Å². The maximum atomic E-state index is 4.15. The number of likely N-dealkylation sites (N-methyl/N-ethyl adjacent to an activating group) is 1. The molecule has 1 aromatic rings. The Labute approximate surface area is 93.5 Å². The van der Waals surface area contributed by atoms with E-state index in [0.717, 1.165) is 18.8 Å². The van der Waals surface area contributed by atoms with Gasteiger partial charge < -0.3 is 4.90 Å². The number of benzene rings is 1. The molecule has 1 nitrogen and oxygen atoms in total. The summed E-state index contributed by atoms with van der Waals surface area (Å²) in [5, 5.41) is 0. The Balaban J connectivity index is 2.92. The molecule has 0 heterocycles. The summed E-state index contributed by atoms with van der Waals surface area (Å²) in [6.07, 6.45) is 1.91. The van der Waals surface area contributed by atoms with E-state index in [1.54, 1.807) is 0 Å². The Hall–Kier alpha value is -1.44. The van der Waals surface area contributed by atoms with Gasteiger partial charge >= 0.3 is 0 Å². The minimum atomic E-state index is 0.851. The van der Waals surface area contributed by atoms with Crippen molar-refractivity contribution in [3.8, 4) is 0 Å². The average molecular weight is 199 g/mol. The lowest BCUT2D eigenvalue weighted by molar-refractivity contribution is 0.465. The van der Waals surface area contributed by atoms with Gasteiger partial charge in [0.1, 0.15) is 7.85 Å². The largest absolute Gasteiger partial charge is 0.368 e. The molecule has 15 heavy (non-hydrogen) atoms. The molecular formula is C13H18BN. The van der Waals surface area contributed by atoms with Gasteiger partial charge in [-0.15, -0.1) is 6.58 Å². The standard InChI is InChI=1S/C13H18BN/c1-4-10-15(5-2)11(3)12-8-6-7-9-13(12)14/h4,6-9H,1,3,5,10,14H2,2H3. The van der Waals surface area contributed by atoms with Gasteiger partial charge in [-0.3, -0.25) is 0 Å². The molecule has 0 N–H and O–H groups in total. The third-order valence-corrected chi connectivity index (χ3v) is 2.57. The quantitative estimate of drug-likeness (QED) is 0.512. The van der Waals surface area contributed by atoms with Crippen LogP contribution in [0.1, 0.15) is 12.5 Å². The summed E-state index contributed by atoms with van der Waals surface area (Å²) in [7, 11) is 2.11. The predicted molar refractivity (Wildman–Crippen MR) is 71.1 cm³/mol. The zero-order valence-corrected chi connectivity index (χ0v) is 9.66. The monoisotopic (exact) mass is 199 g/mol. The van der Waals surface area contributed by atoms with E-state index in [1.165, 1.54) is 11.0 Å². The molecule has 1 aromatic carbocycles. The number of rotatable bonds is 5. The molecule has 0 bridgehead atoms. The van der Waals surface area contributed by atoms with Crippen LogP contribution in [-0.2, 0) is 0 Å². The van der Waals surface area contributed by atoms with Crippen molar-refractivity contribution in [2.75, 3.05) is 13.1 Å². The molecule has 0 aromatic heterocycles. The maximum absolute atomic E-state index is 4.15. The highest BCUT2D eigenvalue weighted by molar-refractivity contribution is 6.34. The highest BCUT2D eigenvalue weighted by Crippen LogP contribution is 2.14. The second kappa shape index (κ2) is 5.45. The highest BCUT2D eigenvalue weighted by atomic mass is 15.1. The summed E-state index contributed by atoms with van der Waals surface area (Å²) in [6.45, 7) is 11.9. The fraction of sp³-hybridized carbons (Fsp3) is 0.231. The van der Waals surface area contributed by atoms with Crippen LogP contribution >= 0.6 is 0 Å². The first kappa shape index (κ1) is 11.6. The van der Waals surface area contributed by atoms with Crippen LogP contribution in [0, 0.1) is 0 Å². The molecule has 0 spiro atoms. The van der Waals surface area contributed by atoms with Crippen molar-refractivity contribution in [2.24, 2.45) is 0 Å². The fourth-order valence-electron chi connectivity index (χ4n) is 1.65. The van der Waals surface area contributed by atoms with E-state index < -0.39 is 0 Å². The van der Waals surface area contributed by atoms with E-state index >= 15 is 0 Å². The van der Waals surface area contributed by atoms with Crippen molar-refractivity contribution in [1.82, 2.24) is 4.90 Å². The van der Waals surface area contributed by atoms with E-state index in [9.17, 15) is 0 Å². The van der Waals surface area contributed by atoms with Gasteiger partial charge in [0.25, 0.3) is 0 Å². The van der Waals surface area contributed by atoms with Crippen molar-refractivity contribution in [2.45, 2.75) is 6.92 Å². The van der Waals surface area contributed by atoms with Gasteiger partial charge in [-0.25, -0.2) is 0 Å². The molecule has 0 aliphatic carbocycles. The van der Waals surface area contributed by atoms with Crippen LogP contribution in [0.2, 0.25) is 0 Å². The first-order valence-electron chi connectivity index (χ1n) is 5.31. The Bertz CT molecular complexity index is 357. The van der Waals surface area contributed by atoms with Gasteiger partial charge in [0, 0.05) is 18.8 Å². The molecule has 1 rings (SSSR count). The number of nitrogens with zero attached hydrogens (tertiary/aromatic N) is 1. The Kier molecular flexibility index (Phi) is 4.23. The van der Waals surface area contributed by atoms with Gasteiger partial charge in [0.05, 0.1) is 0 Å². The molecule has 0 atom stereocenters. The van der Waals surface area contributed by atoms with E-state index in [1.807, 2.05) is 6.08 Å². The van der Waals surface area contributed by atoms with E-state index in [2.05, 4.69) is 57.1 Å². The first-order valence-corrected chi connectivity index (χ1v) is 5.31. The molecule has 0 saturated heterocycles. The van der Waals surface area contributed by atoms with Crippen LogP contribution in [0.4, 0.5) is 0 Å². The lowest BCUT2D eigenvalue weighted by atomic mass is 9.89. The summed E-state index contributed by atoms with van der Waals surface area (Å²) >= 11 is 0. The molecule has 2 heteroatoms. The van der Waals surface area contributed by atoms with Crippen LogP contribution in [0.15, 0.2) is 43.5 Å². The third kappa shape index (κ3) is 2.75. The molecule has 0 amide bonds. The molecule has 0 radical (unpaired) electrons. The van der Waals surface area contributed by atoms with Gasteiger partial charge in [-0.05, 0) is 12.5 Å². The van der Waals surface area contributed by atoms with Crippen molar-refractivity contribution in [3.63, 3.8) is 0 Å². The second-order valence-electron chi connectivity index (χ2n) is 3.59. The molecule has 0 fully saturated rings. The summed E-state index contributed by atoms with van der Waals surface area (Å²) in [6, 6.07) is 8.33. The van der Waals surface area contributed by atoms with E-state index in [4.69, 9.17) is 0 Å². The normalized spacial score (nSPS) is 9.67. The van der Waals surface area contributed by atoms with E-state index in [0.29, 0.717) is 0 Å². The van der Waals surface area contributed by atoms with Crippen LogP contribution < -0.4 is 5.46 Å². The molecule has 0 saturated carbocycles. The second-order valence-corrected chi connectivity index (χ2v) is 3.59. The summed E-state index contributed by atoms with van der Waals surface area (Å²) in [5.74, 6) is 0. The third-order valence-electron chi connectivity index (χ3n) is 2.57. The first-order chi connectivity index (χ1) is 7.20. The van der Waals surface area contributed by atoms with Gasteiger partial charge in [-0.2, -0.15) is 0 Å². The van der Waals surface area contributed by atoms with Crippen LogP contribution in [-0.4, -0.2) is 25.8 Å². The molecule has 0 aliphatic rings. The molecular weight excluding hydrogens is 181 g/mol. The summed E-state index contributed by atoms with van der Waals surface area (Å²) < 4.78 is 0. The van der Waals surface area contributed by atoms with Gasteiger partial charge in [-0.1, -0.05) is 42.4 Å². The SMILES string of the molecule is Bc1ccccc1C(=C)N(CC)CC=C. The molecule has 0 aliphatic heterocycles. The molecule has 0 unspecified atom stereocenters. The van der Waals surface area contributed by atoms with Crippen molar-refractivity contribution in [3.05, 3.63) is 49.1 Å². The Morgan fingerprint density at radius 3 is 2.67 bits per heavy atom. The Morgan fingerprint density at radius 1 is 1.47 bits per heavy atom. The van der Waals surface area contributed by atoms with Crippen molar-refractivity contribution >= 4 is 19.0 Å². The van der Waals surface area contributed by atoms with Crippen LogP contribution in [0.5, 0.6) is 0 Å². The lowest BCUT2D eigenvalue weighted by Crippen LogP contribution is -2.24. The smallest absolute Gasteiger partial charge is 0.140 e. The zero-order chi connectivity index (χ0) is 11.3. The molecule has 78 valence electrons. The number of hydrogen-bond acceptors (Lipinski definition) is 1. The maximum Gasteiger partial charge on any atom is 0.140 e. The highest BCUT2D eigenvalue weighted by Gasteiger charge is 2.07. The van der Waals surface area contributed by atoms with Gasteiger partial charge in [0.15, 0.2) is 0 Å². The van der Waals surface area contributed by atoms with Crippen LogP contribution in [0.25, 0.3) is 5.70 Å². The number of hydrogen-bond donors (Lipinski definition) is 0. The summed E-state index contributed by atoms with van der Waals surface area (Å²) in [4.78, 5) is 2.22. The van der Waals surface area contributed by atoms with E-state index in [-0.39, 0.29) is 0 Å². The lowest BCUT2D eigenvalue weighted by Gasteiger charge is -2.25. The zero-order valence-electron chi connectivity index (χ0n) is 9.66. The predicted octanol–water partition coefficient (Wildman–Crippen LogP) is 1.42. The Morgan fingerprint density at radius 2 is 2.13 bits per heavy atom. The van der Waals surface area contributed by atoms with Crippen molar-refractivity contribution in [1.29, 1.82) is 0 Å². The minimum Gasteiger partial charge on any atom is -0.368 e.